The van der Waals surface area contributed by atoms with Crippen molar-refractivity contribution in [3.63, 3.8) is 0 Å². The molecule has 128 valence electrons. The van der Waals surface area contributed by atoms with Crippen LogP contribution in [0.1, 0.15) is 23.0 Å². The number of esters is 1. The summed E-state index contributed by atoms with van der Waals surface area (Å²) < 4.78 is 32.7. The van der Waals surface area contributed by atoms with Gasteiger partial charge >= 0.3 is 5.97 Å². The highest BCUT2D eigenvalue weighted by Crippen LogP contribution is 2.21. The van der Waals surface area contributed by atoms with Crippen molar-refractivity contribution >= 4 is 5.97 Å². The molecule has 0 aliphatic heterocycles. The van der Waals surface area contributed by atoms with E-state index < -0.39 is 5.97 Å². The second-order valence-electron chi connectivity index (χ2n) is 5.43. The highest BCUT2D eigenvalue weighted by atomic mass is 19.1. The van der Waals surface area contributed by atoms with E-state index in [2.05, 4.69) is 5.10 Å². The molecule has 6 heteroatoms. The maximum Gasteiger partial charge on any atom is 0.356 e. The molecule has 0 aliphatic rings. The van der Waals surface area contributed by atoms with Crippen molar-refractivity contribution in [2.45, 2.75) is 13.5 Å². The van der Waals surface area contributed by atoms with Gasteiger partial charge in [0.05, 0.1) is 18.8 Å². The Morgan fingerprint density at radius 3 is 2.24 bits per heavy atom. The molecule has 0 spiro atoms. The summed E-state index contributed by atoms with van der Waals surface area (Å²) in [6.45, 7) is 2.25. The van der Waals surface area contributed by atoms with Crippen LogP contribution in [0.5, 0.6) is 0 Å². The van der Waals surface area contributed by atoms with Crippen LogP contribution in [-0.2, 0) is 11.3 Å². The van der Waals surface area contributed by atoms with Crippen LogP contribution in [-0.4, -0.2) is 22.4 Å². The molecular weight excluding hydrogens is 326 g/mol. The first-order valence-electron chi connectivity index (χ1n) is 7.82. The Hall–Kier alpha value is -3.02. The molecule has 0 saturated heterocycles. The number of carbonyl (C=O) groups excluding carboxylic acids is 1. The number of benzene rings is 2. The summed E-state index contributed by atoms with van der Waals surface area (Å²) >= 11 is 0. The molecule has 4 nitrogen and oxygen atoms in total. The van der Waals surface area contributed by atoms with Gasteiger partial charge in [0.1, 0.15) is 17.3 Å². The standard InChI is InChI=1S/C19H16F2N2O2/c1-2-25-19(24)18-11-17(14-5-9-16(21)10-6-14)22-23(18)12-13-3-7-15(20)8-4-13/h3-11H,2,12H2,1H3. The van der Waals surface area contributed by atoms with Crippen molar-refractivity contribution in [3.8, 4) is 11.3 Å². The summed E-state index contributed by atoms with van der Waals surface area (Å²) in [5.74, 6) is -1.17. The first kappa shape index (κ1) is 16.8. The lowest BCUT2D eigenvalue weighted by Gasteiger charge is -2.07. The van der Waals surface area contributed by atoms with E-state index in [9.17, 15) is 13.6 Å². The fourth-order valence-corrected chi connectivity index (χ4v) is 2.43. The van der Waals surface area contributed by atoms with Crippen LogP contribution in [0.4, 0.5) is 8.78 Å². The Morgan fingerprint density at radius 1 is 1.04 bits per heavy atom. The van der Waals surface area contributed by atoms with Crippen molar-refractivity contribution in [2.75, 3.05) is 6.61 Å². The van der Waals surface area contributed by atoms with E-state index >= 15 is 0 Å². The third kappa shape index (κ3) is 3.91. The van der Waals surface area contributed by atoms with Crippen molar-refractivity contribution in [1.29, 1.82) is 0 Å². The Kier molecular flexibility index (Phi) is 4.88. The molecule has 0 unspecified atom stereocenters. The number of carbonyl (C=O) groups is 1. The van der Waals surface area contributed by atoms with Crippen LogP contribution >= 0.6 is 0 Å². The Bertz CT molecular complexity index is 871. The van der Waals surface area contributed by atoms with Crippen molar-refractivity contribution in [2.24, 2.45) is 0 Å². The molecule has 3 aromatic rings. The molecule has 0 aliphatic carbocycles. The lowest BCUT2D eigenvalue weighted by molar-refractivity contribution is 0.0512. The molecule has 0 saturated carbocycles. The number of nitrogens with zero attached hydrogens (tertiary/aromatic N) is 2. The normalized spacial score (nSPS) is 10.7. The van der Waals surface area contributed by atoms with Gasteiger partial charge in [0.15, 0.2) is 0 Å². The van der Waals surface area contributed by atoms with Crippen LogP contribution in [0.25, 0.3) is 11.3 Å². The van der Waals surface area contributed by atoms with Crippen LogP contribution < -0.4 is 0 Å². The van der Waals surface area contributed by atoms with Gasteiger partial charge in [-0.05, 0) is 55.0 Å². The summed E-state index contributed by atoms with van der Waals surface area (Å²) in [7, 11) is 0. The highest BCUT2D eigenvalue weighted by Gasteiger charge is 2.17. The zero-order valence-corrected chi connectivity index (χ0v) is 13.6. The van der Waals surface area contributed by atoms with Gasteiger partial charge in [0.25, 0.3) is 0 Å². The van der Waals surface area contributed by atoms with Crippen LogP contribution in [0.3, 0.4) is 0 Å². The molecule has 1 aromatic heterocycles. The van der Waals surface area contributed by atoms with Crippen molar-refractivity contribution in [3.05, 3.63) is 77.5 Å². The average Bonchev–Trinajstić information content (AvgIpc) is 3.02. The van der Waals surface area contributed by atoms with E-state index in [-0.39, 0.29) is 30.5 Å². The number of rotatable bonds is 5. The molecule has 0 atom stereocenters. The number of hydrogen-bond donors (Lipinski definition) is 0. The monoisotopic (exact) mass is 342 g/mol. The molecule has 25 heavy (non-hydrogen) atoms. The number of halogens is 2. The minimum atomic E-state index is -0.495. The fourth-order valence-electron chi connectivity index (χ4n) is 2.43. The number of hydrogen-bond acceptors (Lipinski definition) is 3. The van der Waals surface area contributed by atoms with Gasteiger partial charge in [0, 0.05) is 5.56 Å². The van der Waals surface area contributed by atoms with Gasteiger partial charge in [-0.15, -0.1) is 0 Å². The van der Waals surface area contributed by atoms with E-state index in [1.54, 1.807) is 37.3 Å². The second kappa shape index (κ2) is 7.25. The fraction of sp³-hybridized carbons (Fsp3) is 0.158. The number of aromatic nitrogens is 2. The predicted octanol–water partition coefficient (Wildman–Crippen LogP) is 4.05. The van der Waals surface area contributed by atoms with E-state index in [1.807, 2.05) is 0 Å². The lowest BCUT2D eigenvalue weighted by Crippen LogP contribution is -2.14. The predicted molar refractivity (Wildman–Crippen MR) is 89.1 cm³/mol. The first-order chi connectivity index (χ1) is 12.1. The SMILES string of the molecule is CCOC(=O)c1cc(-c2ccc(F)cc2)nn1Cc1ccc(F)cc1. The molecule has 1 heterocycles. The van der Waals surface area contributed by atoms with Crippen LogP contribution in [0, 0.1) is 11.6 Å². The molecule has 0 radical (unpaired) electrons. The minimum Gasteiger partial charge on any atom is -0.461 e. The summed E-state index contributed by atoms with van der Waals surface area (Å²) in [4.78, 5) is 12.2. The maximum atomic E-state index is 13.1. The molecule has 2 aromatic carbocycles. The van der Waals surface area contributed by atoms with Gasteiger partial charge in [-0.3, -0.25) is 4.68 Å². The van der Waals surface area contributed by atoms with E-state index in [0.717, 1.165) is 5.56 Å². The van der Waals surface area contributed by atoms with Crippen LogP contribution in [0.2, 0.25) is 0 Å². The molecule has 0 N–H and O–H groups in total. The van der Waals surface area contributed by atoms with E-state index in [1.165, 1.54) is 28.9 Å². The molecule has 0 bridgehead atoms. The van der Waals surface area contributed by atoms with Crippen molar-refractivity contribution in [1.82, 2.24) is 9.78 Å². The molecular formula is C19H16F2N2O2. The van der Waals surface area contributed by atoms with E-state index in [4.69, 9.17) is 4.74 Å². The largest absolute Gasteiger partial charge is 0.461 e. The summed E-state index contributed by atoms with van der Waals surface area (Å²) in [5, 5.41) is 4.43. The Balaban J connectivity index is 1.97. The quantitative estimate of drug-likeness (QED) is 0.657. The third-order valence-electron chi connectivity index (χ3n) is 3.65. The highest BCUT2D eigenvalue weighted by molar-refractivity contribution is 5.89. The zero-order valence-electron chi connectivity index (χ0n) is 13.6. The zero-order chi connectivity index (χ0) is 17.8. The molecule has 3 rings (SSSR count). The Labute approximate surface area is 143 Å². The smallest absolute Gasteiger partial charge is 0.356 e. The minimum absolute atomic E-state index is 0.243. The van der Waals surface area contributed by atoms with Gasteiger partial charge in [0.2, 0.25) is 0 Å². The summed E-state index contributed by atoms with van der Waals surface area (Å²) in [6, 6.07) is 13.4. The summed E-state index contributed by atoms with van der Waals surface area (Å²) in [5.41, 5.74) is 2.29. The second-order valence-corrected chi connectivity index (χ2v) is 5.43. The maximum absolute atomic E-state index is 13.1. The Morgan fingerprint density at radius 2 is 1.64 bits per heavy atom. The molecule has 0 fully saturated rings. The molecule has 0 amide bonds. The summed E-state index contributed by atoms with van der Waals surface area (Å²) in [6.07, 6.45) is 0. The lowest BCUT2D eigenvalue weighted by atomic mass is 10.1. The van der Waals surface area contributed by atoms with Crippen molar-refractivity contribution < 1.29 is 18.3 Å². The van der Waals surface area contributed by atoms with Gasteiger partial charge in [-0.2, -0.15) is 5.10 Å². The first-order valence-corrected chi connectivity index (χ1v) is 7.82. The topological polar surface area (TPSA) is 44.1 Å². The number of ether oxygens (including phenoxy) is 1. The van der Waals surface area contributed by atoms with Gasteiger partial charge in [-0.1, -0.05) is 12.1 Å². The average molecular weight is 342 g/mol. The van der Waals surface area contributed by atoms with Gasteiger partial charge < -0.3 is 4.74 Å². The third-order valence-corrected chi connectivity index (χ3v) is 3.65. The van der Waals surface area contributed by atoms with E-state index in [0.29, 0.717) is 11.3 Å². The van der Waals surface area contributed by atoms with Gasteiger partial charge in [-0.25, -0.2) is 13.6 Å². The van der Waals surface area contributed by atoms with Crippen LogP contribution in [0.15, 0.2) is 54.6 Å².